The van der Waals surface area contributed by atoms with E-state index in [1.165, 1.54) is 41.0 Å². The highest BCUT2D eigenvalue weighted by Gasteiger charge is 2.24. The summed E-state index contributed by atoms with van der Waals surface area (Å²) in [6.07, 6.45) is -2.84. The molecule has 1 heterocycles. The minimum absolute atomic E-state index is 0.00586. The lowest BCUT2D eigenvalue weighted by Crippen LogP contribution is -2.34. The Labute approximate surface area is 244 Å². The molecule has 228 valence electrons. The fraction of sp³-hybridized carbons (Fsp3) is 0.300. The molecule has 3 N–H and O–H groups in total. The second-order valence-corrected chi connectivity index (χ2v) is 10.6. The van der Waals surface area contributed by atoms with Crippen LogP contribution in [0.1, 0.15) is 43.6 Å². The third kappa shape index (κ3) is 7.22. The number of rotatable bonds is 10. The van der Waals surface area contributed by atoms with Crippen LogP contribution in [0.5, 0.6) is 5.75 Å². The summed E-state index contributed by atoms with van der Waals surface area (Å²) in [6.45, 7) is 5.86. The first kappa shape index (κ1) is 31.3. The van der Waals surface area contributed by atoms with Gasteiger partial charge in [-0.15, -0.1) is 0 Å². The summed E-state index contributed by atoms with van der Waals surface area (Å²) in [5.74, 6) is -3.76. The van der Waals surface area contributed by atoms with Gasteiger partial charge >= 0.3 is 0 Å². The number of carbonyl (C=O) groups excluding carboxylic acids is 2. The molecule has 0 saturated carbocycles. The van der Waals surface area contributed by atoms with Crippen LogP contribution in [0, 0.1) is 22.9 Å². The topological polar surface area (TPSA) is 97.3 Å². The molecule has 4 aromatic rings. The summed E-state index contributed by atoms with van der Waals surface area (Å²) in [5, 5.41) is 7.77. The second kappa shape index (κ2) is 12.7. The Bertz CT molecular complexity index is 1670. The Hall–Kier alpha value is -4.68. The summed E-state index contributed by atoms with van der Waals surface area (Å²) in [5.41, 5.74) is -0.743. The van der Waals surface area contributed by atoms with Crippen LogP contribution in [0.25, 0.3) is 11.0 Å². The predicted octanol–water partition coefficient (Wildman–Crippen LogP) is 6.78. The Morgan fingerprint density at radius 3 is 2.44 bits per heavy atom. The molecular weight excluding hydrogens is 573 g/mol. The first-order valence-electron chi connectivity index (χ1n) is 13.3. The molecule has 0 saturated heterocycles. The Kier molecular flexibility index (Phi) is 9.22. The maximum Gasteiger partial charge on any atom is 0.272 e. The number of anilines is 3. The third-order valence-electron chi connectivity index (χ3n) is 6.39. The van der Waals surface area contributed by atoms with E-state index >= 15 is 4.39 Å². The number of aryl methyl sites for hydroxylation is 1. The average Bonchev–Trinajstić information content (AvgIpc) is 3.28. The van der Waals surface area contributed by atoms with Gasteiger partial charge in [-0.2, -0.15) is 0 Å². The SMILES string of the molecule is CCn1c(Nc2c(F)ccc(CNC(=O)C(C)(C)C)c2F)nc2cc(C(=O)Nc3cccc(F)c3)c(OCC(F)F)cc21. The van der Waals surface area contributed by atoms with Gasteiger partial charge in [-0.1, -0.05) is 32.9 Å². The number of halogens is 5. The highest BCUT2D eigenvalue weighted by atomic mass is 19.3. The van der Waals surface area contributed by atoms with Gasteiger partial charge in [-0.05, 0) is 37.3 Å². The number of hydrogen-bond donors (Lipinski definition) is 3. The van der Waals surface area contributed by atoms with E-state index in [-0.39, 0.29) is 53.0 Å². The zero-order valence-electron chi connectivity index (χ0n) is 23.8. The first-order valence-corrected chi connectivity index (χ1v) is 13.3. The van der Waals surface area contributed by atoms with Gasteiger partial charge in [0.15, 0.2) is 5.82 Å². The number of nitrogens with zero attached hydrogens (tertiary/aromatic N) is 2. The smallest absolute Gasteiger partial charge is 0.272 e. The van der Waals surface area contributed by atoms with E-state index in [0.29, 0.717) is 5.52 Å². The van der Waals surface area contributed by atoms with E-state index in [1.54, 1.807) is 27.7 Å². The molecule has 2 amide bonds. The van der Waals surface area contributed by atoms with Crippen molar-refractivity contribution in [3.63, 3.8) is 0 Å². The van der Waals surface area contributed by atoms with Crippen molar-refractivity contribution in [1.29, 1.82) is 0 Å². The lowest BCUT2D eigenvalue weighted by molar-refractivity contribution is -0.128. The van der Waals surface area contributed by atoms with E-state index in [2.05, 4.69) is 20.9 Å². The normalized spacial score (nSPS) is 11.6. The number of carbonyl (C=O) groups is 2. The molecule has 0 aliphatic carbocycles. The second-order valence-electron chi connectivity index (χ2n) is 10.6. The van der Waals surface area contributed by atoms with E-state index in [4.69, 9.17) is 4.74 Å². The van der Waals surface area contributed by atoms with Gasteiger partial charge in [0.25, 0.3) is 12.3 Å². The van der Waals surface area contributed by atoms with Gasteiger partial charge in [0.05, 0.1) is 16.6 Å². The zero-order chi connectivity index (χ0) is 31.5. The average molecular weight is 604 g/mol. The molecule has 0 aliphatic heterocycles. The van der Waals surface area contributed by atoms with Crippen LogP contribution in [0.4, 0.5) is 39.3 Å². The Morgan fingerprint density at radius 2 is 1.79 bits per heavy atom. The Morgan fingerprint density at radius 1 is 1.05 bits per heavy atom. The van der Waals surface area contributed by atoms with Crippen molar-refractivity contribution in [2.24, 2.45) is 5.41 Å². The monoisotopic (exact) mass is 603 g/mol. The summed E-state index contributed by atoms with van der Waals surface area (Å²) < 4.78 is 76.7. The number of hydrogen-bond acceptors (Lipinski definition) is 5. The summed E-state index contributed by atoms with van der Waals surface area (Å²) >= 11 is 0. The number of alkyl halides is 2. The van der Waals surface area contributed by atoms with Gasteiger partial charge in [-0.25, -0.2) is 26.9 Å². The van der Waals surface area contributed by atoms with Crippen molar-refractivity contribution in [3.05, 3.63) is 77.1 Å². The minimum atomic E-state index is -2.84. The van der Waals surface area contributed by atoms with E-state index < -0.39 is 47.5 Å². The number of aromatic nitrogens is 2. The van der Waals surface area contributed by atoms with Crippen LogP contribution in [0.3, 0.4) is 0 Å². The van der Waals surface area contributed by atoms with Crippen LogP contribution in [-0.2, 0) is 17.9 Å². The van der Waals surface area contributed by atoms with Crippen LogP contribution in [-0.4, -0.2) is 34.4 Å². The molecule has 0 spiro atoms. The third-order valence-corrected chi connectivity index (χ3v) is 6.39. The standard InChI is InChI=1S/C30H30F5N5O3/c1-5-40-22-13-23(43-15-24(33)34)19(27(41)37-18-8-6-7-17(31)11-18)12-21(22)38-29(40)39-26-20(32)10-9-16(25(26)35)14-36-28(42)30(2,3)4/h6-13,24H,5,14-15H2,1-4H3,(H,36,42)(H,37,41)(H,38,39). The number of benzene rings is 3. The molecule has 0 fully saturated rings. The van der Waals surface area contributed by atoms with Crippen molar-refractivity contribution in [2.75, 3.05) is 17.2 Å². The van der Waals surface area contributed by atoms with Gasteiger partial charge in [0.2, 0.25) is 11.9 Å². The van der Waals surface area contributed by atoms with Crippen molar-refractivity contribution in [1.82, 2.24) is 14.9 Å². The minimum Gasteiger partial charge on any atom is -0.487 e. The van der Waals surface area contributed by atoms with E-state index in [1.807, 2.05) is 0 Å². The number of amides is 2. The maximum absolute atomic E-state index is 15.4. The van der Waals surface area contributed by atoms with Crippen molar-refractivity contribution in [2.45, 2.75) is 47.2 Å². The molecular formula is C30H30F5N5O3. The molecule has 0 bridgehead atoms. The Balaban J connectivity index is 1.72. The fourth-order valence-corrected chi connectivity index (χ4v) is 4.18. The summed E-state index contributed by atoms with van der Waals surface area (Å²) in [7, 11) is 0. The largest absolute Gasteiger partial charge is 0.487 e. The van der Waals surface area contributed by atoms with E-state index in [9.17, 15) is 27.2 Å². The molecule has 4 rings (SSSR count). The number of fused-ring (bicyclic) bond motifs is 1. The highest BCUT2D eigenvalue weighted by molar-refractivity contribution is 6.08. The first-order chi connectivity index (χ1) is 20.3. The number of imidazole rings is 1. The molecule has 0 aliphatic rings. The molecule has 8 nitrogen and oxygen atoms in total. The van der Waals surface area contributed by atoms with Crippen molar-refractivity contribution < 1.29 is 36.3 Å². The number of nitrogens with one attached hydrogen (secondary N) is 3. The van der Waals surface area contributed by atoms with Crippen LogP contribution in [0.15, 0.2) is 48.5 Å². The lowest BCUT2D eigenvalue weighted by Gasteiger charge is -2.18. The predicted molar refractivity (Wildman–Crippen MR) is 152 cm³/mol. The summed E-state index contributed by atoms with van der Waals surface area (Å²) in [6, 6.07) is 9.97. The zero-order valence-corrected chi connectivity index (χ0v) is 23.8. The number of ether oxygens (including phenoxy) is 1. The van der Waals surface area contributed by atoms with Crippen molar-refractivity contribution in [3.8, 4) is 5.75 Å². The van der Waals surface area contributed by atoms with Crippen LogP contribution < -0.4 is 20.7 Å². The molecule has 13 heteroatoms. The highest BCUT2D eigenvalue weighted by Crippen LogP contribution is 2.32. The van der Waals surface area contributed by atoms with Gasteiger partial charge in [0.1, 0.15) is 29.7 Å². The molecule has 3 aromatic carbocycles. The van der Waals surface area contributed by atoms with Crippen molar-refractivity contribution >= 4 is 40.2 Å². The quantitative estimate of drug-likeness (QED) is 0.174. The van der Waals surface area contributed by atoms with Gasteiger partial charge < -0.3 is 25.3 Å². The molecule has 1 aromatic heterocycles. The van der Waals surface area contributed by atoms with Crippen LogP contribution >= 0.6 is 0 Å². The van der Waals surface area contributed by atoms with Crippen LogP contribution in [0.2, 0.25) is 0 Å². The summed E-state index contributed by atoms with van der Waals surface area (Å²) in [4.78, 5) is 29.8. The molecule has 43 heavy (non-hydrogen) atoms. The molecule has 0 atom stereocenters. The maximum atomic E-state index is 15.4. The van der Waals surface area contributed by atoms with Gasteiger partial charge in [0, 0.05) is 35.8 Å². The molecule has 0 unspecified atom stereocenters. The fourth-order valence-electron chi connectivity index (χ4n) is 4.18. The van der Waals surface area contributed by atoms with Gasteiger partial charge in [-0.3, -0.25) is 9.59 Å². The lowest BCUT2D eigenvalue weighted by atomic mass is 9.95. The molecule has 0 radical (unpaired) electrons. The van der Waals surface area contributed by atoms with E-state index in [0.717, 1.165) is 12.1 Å².